The first-order valence-corrected chi connectivity index (χ1v) is 6.88. The molecule has 0 heterocycles. The topological polar surface area (TPSA) is 49.3 Å². The third kappa shape index (κ3) is 3.65. The van der Waals surface area contributed by atoms with Crippen molar-refractivity contribution in [2.75, 3.05) is 5.32 Å². The number of aromatic carboxylic acids is 1. The van der Waals surface area contributed by atoms with Crippen molar-refractivity contribution in [3.63, 3.8) is 0 Å². The maximum Gasteiger partial charge on any atom is 0.335 e. The maximum absolute atomic E-state index is 13.8. The third-order valence-corrected chi connectivity index (χ3v) is 3.58. The highest BCUT2D eigenvalue weighted by Gasteiger charge is 2.14. The van der Waals surface area contributed by atoms with E-state index in [2.05, 4.69) is 5.32 Å². The van der Waals surface area contributed by atoms with Crippen molar-refractivity contribution < 1.29 is 14.3 Å². The smallest absolute Gasteiger partial charge is 0.335 e. The molecular weight excluding hydrogens is 316 g/mol. The van der Waals surface area contributed by atoms with Gasteiger partial charge in [-0.25, -0.2) is 9.18 Å². The van der Waals surface area contributed by atoms with Gasteiger partial charge in [0, 0.05) is 10.0 Å². The summed E-state index contributed by atoms with van der Waals surface area (Å²) in [5.74, 6) is -1.65. The van der Waals surface area contributed by atoms with Crippen molar-refractivity contribution in [1.82, 2.24) is 0 Å². The van der Waals surface area contributed by atoms with Crippen molar-refractivity contribution in [2.24, 2.45) is 0 Å². The van der Waals surface area contributed by atoms with Crippen molar-refractivity contribution in [3.05, 3.63) is 63.4 Å². The second-order valence-corrected chi connectivity index (χ2v) is 5.38. The van der Waals surface area contributed by atoms with Crippen LogP contribution in [0.5, 0.6) is 0 Å². The van der Waals surface area contributed by atoms with E-state index in [1.54, 1.807) is 25.1 Å². The van der Waals surface area contributed by atoms with E-state index in [9.17, 15) is 9.18 Å². The molecule has 110 valence electrons. The maximum atomic E-state index is 13.8. The fraction of sp³-hybridized carbons (Fsp3) is 0.133. The first-order valence-electron chi connectivity index (χ1n) is 6.13. The van der Waals surface area contributed by atoms with Gasteiger partial charge < -0.3 is 10.4 Å². The molecule has 0 fully saturated rings. The van der Waals surface area contributed by atoms with Crippen molar-refractivity contribution >= 4 is 34.9 Å². The van der Waals surface area contributed by atoms with Gasteiger partial charge in [-0.15, -0.1) is 0 Å². The third-order valence-electron chi connectivity index (χ3n) is 3.01. The van der Waals surface area contributed by atoms with Crippen LogP contribution in [0.15, 0.2) is 36.4 Å². The Labute approximate surface area is 131 Å². The highest BCUT2D eigenvalue weighted by molar-refractivity contribution is 6.35. The Kier molecular flexibility index (Phi) is 4.70. The lowest BCUT2D eigenvalue weighted by Gasteiger charge is -2.18. The molecule has 0 aliphatic heterocycles. The number of rotatable bonds is 4. The van der Waals surface area contributed by atoms with Gasteiger partial charge in [0.1, 0.15) is 5.82 Å². The van der Waals surface area contributed by atoms with Crippen molar-refractivity contribution in [3.8, 4) is 0 Å². The van der Waals surface area contributed by atoms with Gasteiger partial charge in [-0.1, -0.05) is 29.3 Å². The number of hydrogen-bond donors (Lipinski definition) is 2. The highest BCUT2D eigenvalue weighted by Crippen LogP contribution is 2.29. The van der Waals surface area contributed by atoms with Crippen LogP contribution in [-0.2, 0) is 0 Å². The Hall–Kier alpha value is -1.78. The molecule has 0 saturated carbocycles. The Bertz CT molecular complexity index is 691. The molecule has 2 aromatic rings. The van der Waals surface area contributed by atoms with Gasteiger partial charge in [0.25, 0.3) is 0 Å². The quantitative estimate of drug-likeness (QED) is 0.830. The number of hydrogen-bond acceptors (Lipinski definition) is 2. The molecule has 21 heavy (non-hydrogen) atoms. The van der Waals surface area contributed by atoms with Crippen LogP contribution in [0.2, 0.25) is 10.0 Å². The van der Waals surface area contributed by atoms with Gasteiger partial charge in [-0.05, 0) is 42.8 Å². The Morgan fingerprint density at radius 3 is 2.57 bits per heavy atom. The molecule has 6 heteroatoms. The molecule has 0 saturated heterocycles. The van der Waals surface area contributed by atoms with Crippen molar-refractivity contribution in [1.29, 1.82) is 0 Å². The lowest BCUT2D eigenvalue weighted by Crippen LogP contribution is -2.09. The van der Waals surface area contributed by atoms with E-state index in [0.717, 1.165) is 11.6 Å². The molecule has 0 aliphatic rings. The van der Waals surface area contributed by atoms with Crippen LogP contribution in [0.25, 0.3) is 0 Å². The number of anilines is 1. The average Bonchev–Trinajstić information content (AvgIpc) is 2.40. The summed E-state index contributed by atoms with van der Waals surface area (Å²) < 4.78 is 13.8. The van der Waals surface area contributed by atoms with Gasteiger partial charge in [0.05, 0.1) is 17.3 Å². The number of carboxylic acids is 1. The number of nitrogens with one attached hydrogen (secondary N) is 1. The summed E-state index contributed by atoms with van der Waals surface area (Å²) in [5.41, 5.74) is 0.850. The van der Waals surface area contributed by atoms with E-state index >= 15 is 0 Å². The molecule has 3 nitrogen and oxygen atoms in total. The second kappa shape index (κ2) is 6.33. The van der Waals surface area contributed by atoms with Crippen LogP contribution in [0.4, 0.5) is 10.1 Å². The summed E-state index contributed by atoms with van der Waals surface area (Å²) >= 11 is 11.9. The summed E-state index contributed by atoms with van der Waals surface area (Å²) in [7, 11) is 0. The van der Waals surface area contributed by atoms with Gasteiger partial charge in [-0.3, -0.25) is 0 Å². The fourth-order valence-corrected chi connectivity index (χ4v) is 2.50. The van der Waals surface area contributed by atoms with E-state index < -0.39 is 11.8 Å². The van der Waals surface area contributed by atoms with E-state index in [0.29, 0.717) is 10.0 Å². The molecule has 0 amide bonds. The fourth-order valence-electron chi connectivity index (χ4n) is 1.93. The molecule has 2 rings (SSSR count). The minimum Gasteiger partial charge on any atom is -0.478 e. The van der Waals surface area contributed by atoms with Gasteiger partial charge >= 0.3 is 5.97 Å². The van der Waals surface area contributed by atoms with Crippen LogP contribution in [0.3, 0.4) is 0 Å². The van der Waals surface area contributed by atoms with E-state index in [4.69, 9.17) is 28.3 Å². The Morgan fingerprint density at radius 2 is 1.95 bits per heavy atom. The van der Waals surface area contributed by atoms with Gasteiger partial charge in [0.2, 0.25) is 0 Å². The van der Waals surface area contributed by atoms with Gasteiger partial charge in [0.15, 0.2) is 0 Å². The first-order chi connectivity index (χ1) is 9.88. The molecular formula is C15H12Cl2FNO2. The first kappa shape index (κ1) is 15.6. The molecule has 1 atom stereocenters. The van der Waals surface area contributed by atoms with Crippen LogP contribution in [-0.4, -0.2) is 11.1 Å². The second-order valence-electron chi connectivity index (χ2n) is 4.53. The normalized spacial score (nSPS) is 12.0. The minimum absolute atomic E-state index is 0.00769. The number of carboxylic acid groups (broad SMARTS) is 1. The van der Waals surface area contributed by atoms with E-state index in [1.807, 2.05) is 0 Å². The van der Waals surface area contributed by atoms with Crippen LogP contribution in [0, 0.1) is 5.82 Å². The summed E-state index contributed by atoms with van der Waals surface area (Å²) in [6, 6.07) is 8.28. The lowest BCUT2D eigenvalue weighted by atomic mass is 10.1. The number of halogens is 3. The molecule has 0 radical (unpaired) electrons. The summed E-state index contributed by atoms with van der Waals surface area (Å²) in [4.78, 5) is 10.9. The standard InChI is InChI=1S/C15H12Cl2FNO2/c1-8(11-4-3-10(16)7-12(11)17)19-14-6-9(15(20)21)2-5-13(14)18/h2-8,19H,1H3,(H,20,21). The van der Waals surface area contributed by atoms with E-state index in [1.165, 1.54) is 12.1 Å². The summed E-state index contributed by atoms with van der Waals surface area (Å²) in [6.07, 6.45) is 0. The van der Waals surface area contributed by atoms with Crippen molar-refractivity contribution in [2.45, 2.75) is 13.0 Å². The Balaban J connectivity index is 2.28. The van der Waals surface area contributed by atoms with Crippen LogP contribution in [0.1, 0.15) is 28.9 Å². The lowest BCUT2D eigenvalue weighted by molar-refractivity contribution is 0.0697. The summed E-state index contributed by atoms with van der Waals surface area (Å²) in [5, 5.41) is 12.8. The average molecular weight is 328 g/mol. The molecule has 0 aromatic heterocycles. The van der Waals surface area contributed by atoms with Crippen LogP contribution >= 0.6 is 23.2 Å². The highest BCUT2D eigenvalue weighted by atomic mass is 35.5. The predicted molar refractivity (Wildman–Crippen MR) is 81.9 cm³/mol. The predicted octanol–water partition coefficient (Wildman–Crippen LogP) is 5.00. The zero-order valence-electron chi connectivity index (χ0n) is 11.0. The number of carbonyl (C=O) groups is 1. The van der Waals surface area contributed by atoms with E-state index in [-0.39, 0.29) is 17.3 Å². The molecule has 0 spiro atoms. The summed E-state index contributed by atoms with van der Waals surface area (Å²) in [6.45, 7) is 1.79. The van der Waals surface area contributed by atoms with Gasteiger partial charge in [-0.2, -0.15) is 0 Å². The Morgan fingerprint density at radius 1 is 1.24 bits per heavy atom. The molecule has 1 unspecified atom stereocenters. The zero-order chi connectivity index (χ0) is 15.6. The minimum atomic E-state index is -1.12. The van der Waals surface area contributed by atoms with Crippen LogP contribution < -0.4 is 5.32 Å². The molecule has 0 bridgehead atoms. The SMILES string of the molecule is CC(Nc1cc(C(=O)O)ccc1F)c1ccc(Cl)cc1Cl. The largest absolute Gasteiger partial charge is 0.478 e. The zero-order valence-corrected chi connectivity index (χ0v) is 12.5. The monoisotopic (exact) mass is 327 g/mol. The number of benzene rings is 2. The molecule has 2 aromatic carbocycles. The molecule has 2 N–H and O–H groups in total. The molecule has 0 aliphatic carbocycles.